The van der Waals surface area contributed by atoms with Crippen molar-refractivity contribution in [3.63, 3.8) is 0 Å². The van der Waals surface area contributed by atoms with Crippen molar-refractivity contribution < 1.29 is 4.74 Å². The number of anilines is 2. The van der Waals surface area contributed by atoms with Crippen LogP contribution in [0.1, 0.15) is 19.8 Å². The molecule has 0 saturated carbocycles. The van der Waals surface area contributed by atoms with E-state index in [4.69, 9.17) is 10.5 Å². The maximum absolute atomic E-state index is 5.70. The van der Waals surface area contributed by atoms with Gasteiger partial charge in [-0.2, -0.15) is 0 Å². The SMILES string of the molecule is CCOC1CCCN(c2ncc(N)cc2Br)C1. The number of nitrogens with two attached hydrogens (primary N) is 1. The Bertz CT molecular complexity index is 384. The normalized spacial score (nSPS) is 20.6. The Kier molecular flexibility index (Phi) is 4.23. The fourth-order valence-electron chi connectivity index (χ4n) is 2.18. The van der Waals surface area contributed by atoms with Gasteiger partial charge in [0.25, 0.3) is 0 Å². The molecule has 0 spiro atoms. The molecule has 17 heavy (non-hydrogen) atoms. The first-order valence-corrected chi connectivity index (χ1v) is 6.77. The summed E-state index contributed by atoms with van der Waals surface area (Å²) in [5, 5.41) is 0. The highest BCUT2D eigenvalue weighted by molar-refractivity contribution is 9.10. The number of aromatic nitrogens is 1. The van der Waals surface area contributed by atoms with Crippen molar-refractivity contribution in [3.8, 4) is 0 Å². The van der Waals surface area contributed by atoms with E-state index in [1.54, 1.807) is 6.20 Å². The van der Waals surface area contributed by atoms with E-state index in [0.29, 0.717) is 11.8 Å². The summed E-state index contributed by atoms with van der Waals surface area (Å²) in [5.41, 5.74) is 6.38. The number of halogens is 1. The third-order valence-corrected chi connectivity index (χ3v) is 3.51. The molecule has 1 saturated heterocycles. The lowest BCUT2D eigenvalue weighted by Crippen LogP contribution is -2.40. The molecule has 1 atom stereocenters. The van der Waals surface area contributed by atoms with E-state index >= 15 is 0 Å². The summed E-state index contributed by atoms with van der Waals surface area (Å²) in [6.45, 7) is 4.74. The van der Waals surface area contributed by atoms with Gasteiger partial charge < -0.3 is 15.4 Å². The van der Waals surface area contributed by atoms with Crippen molar-refractivity contribution in [2.45, 2.75) is 25.9 Å². The van der Waals surface area contributed by atoms with Crippen LogP contribution in [-0.2, 0) is 4.74 Å². The van der Waals surface area contributed by atoms with Crippen LogP contribution in [0.3, 0.4) is 0 Å². The molecule has 2 heterocycles. The summed E-state index contributed by atoms with van der Waals surface area (Å²) < 4.78 is 6.64. The van der Waals surface area contributed by atoms with Gasteiger partial charge in [0, 0.05) is 19.7 Å². The minimum Gasteiger partial charge on any atom is -0.397 e. The minimum atomic E-state index is 0.319. The maximum Gasteiger partial charge on any atom is 0.143 e. The number of hydrogen-bond acceptors (Lipinski definition) is 4. The van der Waals surface area contributed by atoms with E-state index in [1.165, 1.54) is 0 Å². The second-order valence-corrected chi connectivity index (χ2v) is 5.09. The molecule has 2 N–H and O–H groups in total. The molecule has 1 aromatic rings. The van der Waals surface area contributed by atoms with Crippen molar-refractivity contribution >= 4 is 27.4 Å². The number of piperidine rings is 1. The summed E-state index contributed by atoms with van der Waals surface area (Å²) in [6.07, 6.45) is 4.30. The second kappa shape index (κ2) is 5.69. The molecule has 0 aromatic carbocycles. The third kappa shape index (κ3) is 3.10. The molecule has 2 rings (SSSR count). The van der Waals surface area contributed by atoms with E-state index in [0.717, 1.165) is 42.8 Å². The minimum absolute atomic E-state index is 0.319. The monoisotopic (exact) mass is 299 g/mol. The van der Waals surface area contributed by atoms with Gasteiger partial charge in [-0.3, -0.25) is 0 Å². The summed E-state index contributed by atoms with van der Waals surface area (Å²) in [4.78, 5) is 6.65. The van der Waals surface area contributed by atoms with Crippen LogP contribution in [-0.4, -0.2) is 30.8 Å². The van der Waals surface area contributed by atoms with Crippen molar-refractivity contribution in [2.24, 2.45) is 0 Å². The molecule has 1 aromatic heterocycles. The van der Waals surface area contributed by atoms with Crippen molar-refractivity contribution in [1.29, 1.82) is 0 Å². The Morgan fingerprint density at radius 2 is 2.47 bits per heavy atom. The molecule has 0 aliphatic carbocycles. The molecule has 1 fully saturated rings. The van der Waals surface area contributed by atoms with E-state index < -0.39 is 0 Å². The molecule has 0 amide bonds. The number of nitrogen functional groups attached to an aromatic ring is 1. The Hall–Kier alpha value is -0.810. The molecule has 1 unspecified atom stereocenters. The Morgan fingerprint density at radius 1 is 1.65 bits per heavy atom. The van der Waals surface area contributed by atoms with Crippen molar-refractivity contribution in [1.82, 2.24) is 4.98 Å². The number of rotatable bonds is 3. The molecule has 4 nitrogen and oxygen atoms in total. The van der Waals surface area contributed by atoms with E-state index in [9.17, 15) is 0 Å². The number of ether oxygens (including phenoxy) is 1. The van der Waals surface area contributed by atoms with Crippen LogP contribution in [0.5, 0.6) is 0 Å². The zero-order valence-electron chi connectivity index (χ0n) is 10.0. The number of nitrogens with zero attached hydrogens (tertiary/aromatic N) is 2. The van der Waals surface area contributed by atoms with Gasteiger partial charge in [0.15, 0.2) is 0 Å². The maximum atomic E-state index is 5.70. The molecule has 1 aliphatic heterocycles. The molecule has 94 valence electrons. The lowest BCUT2D eigenvalue weighted by molar-refractivity contribution is 0.0525. The van der Waals surface area contributed by atoms with Crippen molar-refractivity contribution in [3.05, 3.63) is 16.7 Å². The molecule has 0 bridgehead atoms. The first-order valence-electron chi connectivity index (χ1n) is 5.98. The fourth-order valence-corrected chi connectivity index (χ4v) is 2.80. The topological polar surface area (TPSA) is 51.4 Å². The largest absolute Gasteiger partial charge is 0.397 e. The summed E-state index contributed by atoms with van der Waals surface area (Å²) in [5.74, 6) is 0.962. The van der Waals surface area contributed by atoms with Gasteiger partial charge in [-0.1, -0.05) is 0 Å². The van der Waals surface area contributed by atoms with E-state index in [-0.39, 0.29) is 0 Å². The number of pyridine rings is 1. The second-order valence-electron chi connectivity index (χ2n) is 4.24. The van der Waals surface area contributed by atoms with Crippen LogP contribution >= 0.6 is 15.9 Å². The quantitative estimate of drug-likeness (QED) is 0.931. The van der Waals surface area contributed by atoms with Gasteiger partial charge >= 0.3 is 0 Å². The van der Waals surface area contributed by atoms with Gasteiger partial charge in [0.1, 0.15) is 5.82 Å². The molecule has 1 aliphatic rings. The van der Waals surface area contributed by atoms with Crippen LogP contribution in [0.15, 0.2) is 16.7 Å². The average Bonchev–Trinajstić information content (AvgIpc) is 2.29. The predicted octanol–water partition coefficient (Wildman–Crippen LogP) is 2.43. The van der Waals surface area contributed by atoms with E-state index in [1.807, 2.05) is 13.0 Å². The van der Waals surface area contributed by atoms with Crippen LogP contribution in [0.25, 0.3) is 0 Å². The predicted molar refractivity (Wildman–Crippen MR) is 73.2 cm³/mol. The molecular weight excluding hydrogens is 282 g/mol. The van der Waals surface area contributed by atoms with Crippen molar-refractivity contribution in [2.75, 3.05) is 30.3 Å². The average molecular weight is 300 g/mol. The molecule has 0 radical (unpaired) electrons. The van der Waals surface area contributed by atoms with Crippen LogP contribution in [0.4, 0.5) is 11.5 Å². The first kappa shape index (κ1) is 12.6. The smallest absolute Gasteiger partial charge is 0.143 e. The van der Waals surface area contributed by atoms with Gasteiger partial charge in [0.05, 0.1) is 22.5 Å². The van der Waals surface area contributed by atoms with Crippen LogP contribution in [0.2, 0.25) is 0 Å². The van der Waals surface area contributed by atoms with Crippen LogP contribution in [0, 0.1) is 0 Å². The summed E-state index contributed by atoms with van der Waals surface area (Å²) >= 11 is 3.52. The van der Waals surface area contributed by atoms with Gasteiger partial charge in [0.2, 0.25) is 0 Å². The highest BCUT2D eigenvalue weighted by atomic mass is 79.9. The van der Waals surface area contributed by atoms with E-state index in [2.05, 4.69) is 25.8 Å². The Morgan fingerprint density at radius 3 is 3.18 bits per heavy atom. The fraction of sp³-hybridized carbons (Fsp3) is 0.583. The Balaban J connectivity index is 2.10. The molecular formula is C12H18BrN3O. The zero-order valence-corrected chi connectivity index (χ0v) is 11.6. The summed E-state index contributed by atoms with van der Waals surface area (Å²) in [7, 11) is 0. The lowest BCUT2D eigenvalue weighted by Gasteiger charge is -2.33. The summed E-state index contributed by atoms with van der Waals surface area (Å²) in [6, 6.07) is 1.90. The highest BCUT2D eigenvalue weighted by Crippen LogP contribution is 2.28. The standard InChI is InChI=1S/C12H18BrN3O/c1-2-17-10-4-3-5-16(8-10)12-11(13)6-9(14)7-15-12/h6-7,10H,2-5,8,14H2,1H3. The highest BCUT2D eigenvalue weighted by Gasteiger charge is 2.22. The zero-order chi connectivity index (χ0) is 12.3. The van der Waals surface area contributed by atoms with Gasteiger partial charge in [-0.15, -0.1) is 0 Å². The van der Waals surface area contributed by atoms with Gasteiger partial charge in [-0.25, -0.2) is 4.98 Å². The third-order valence-electron chi connectivity index (χ3n) is 2.92. The lowest BCUT2D eigenvalue weighted by atomic mass is 10.1. The molecule has 5 heteroatoms. The van der Waals surface area contributed by atoms with Gasteiger partial charge in [-0.05, 0) is 41.8 Å². The first-order chi connectivity index (χ1) is 8.20. The number of hydrogen-bond donors (Lipinski definition) is 1. The Labute approximate surface area is 110 Å². The van der Waals surface area contributed by atoms with Crippen LogP contribution < -0.4 is 10.6 Å².